The van der Waals surface area contributed by atoms with E-state index in [1.54, 1.807) is 6.07 Å². The molecule has 0 bridgehead atoms. The normalized spacial score (nSPS) is 10.7. The molecular weight excluding hydrogens is 297 g/mol. The molecule has 7 heteroatoms. The molecule has 2 aromatic heterocycles. The number of rotatable bonds is 4. The van der Waals surface area contributed by atoms with Crippen molar-refractivity contribution in [3.05, 3.63) is 33.8 Å². The summed E-state index contributed by atoms with van der Waals surface area (Å²) in [6.07, 6.45) is 1.84. The number of imidazole rings is 1. The Hall–Kier alpha value is -1.46. The third-order valence-electron chi connectivity index (χ3n) is 3.05. The molecule has 0 spiro atoms. The van der Waals surface area contributed by atoms with E-state index in [9.17, 15) is 0 Å². The average molecular weight is 314 g/mol. The molecule has 0 atom stereocenters. The summed E-state index contributed by atoms with van der Waals surface area (Å²) in [5.74, 6) is 0.902. The number of anilines is 2. The highest BCUT2D eigenvalue weighted by atomic mass is 35.5. The van der Waals surface area contributed by atoms with Crippen LogP contribution in [-0.4, -0.2) is 28.6 Å². The lowest BCUT2D eigenvalue weighted by molar-refractivity contribution is 0.813. The Bertz CT molecular complexity index is 598. The van der Waals surface area contributed by atoms with Crippen molar-refractivity contribution in [2.75, 3.05) is 24.3 Å². The molecule has 0 aliphatic carbocycles. The summed E-state index contributed by atoms with van der Waals surface area (Å²) >= 11 is 12.0. The van der Waals surface area contributed by atoms with Crippen molar-refractivity contribution in [3.8, 4) is 0 Å². The maximum Gasteiger partial charge on any atom is 0.204 e. The molecule has 0 amide bonds. The molecule has 0 radical (unpaired) electrons. The van der Waals surface area contributed by atoms with Crippen molar-refractivity contribution in [1.29, 1.82) is 0 Å². The Morgan fingerprint density at radius 2 is 2.05 bits per heavy atom. The lowest BCUT2D eigenvalue weighted by Crippen LogP contribution is -2.15. The van der Waals surface area contributed by atoms with E-state index < -0.39 is 0 Å². The number of aryl methyl sites for hydroxylation is 1. The molecule has 5 nitrogen and oxygen atoms in total. The van der Waals surface area contributed by atoms with Crippen LogP contribution in [0.3, 0.4) is 0 Å². The number of pyridine rings is 1. The van der Waals surface area contributed by atoms with Crippen LogP contribution >= 0.6 is 23.2 Å². The van der Waals surface area contributed by atoms with E-state index in [2.05, 4.69) is 15.3 Å². The van der Waals surface area contributed by atoms with E-state index in [1.165, 1.54) is 0 Å². The van der Waals surface area contributed by atoms with Crippen LogP contribution in [0.4, 0.5) is 11.6 Å². The number of nitrogens with zero attached hydrogens (tertiary/aromatic N) is 4. The Labute approximate surface area is 128 Å². The van der Waals surface area contributed by atoms with E-state index in [0.29, 0.717) is 16.9 Å². The van der Waals surface area contributed by atoms with Crippen molar-refractivity contribution in [1.82, 2.24) is 14.5 Å². The highest BCUT2D eigenvalue weighted by molar-refractivity contribution is 6.34. The predicted octanol–water partition coefficient (Wildman–Crippen LogP) is 3.11. The van der Waals surface area contributed by atoms with E-state index in [0.717, 1.165) is 22.9 Å². The Morgan fingerprint density at radius 1 is 1.35 bits per heavy atom. The Balaban J connectivity index is 2.17. The van der Waals surface area contributed by atoms with Crippen LogP contribution < -0.4 is 10.2 Å². The maximum absolute atomic E-state index is 6.11. The van der Waals surface area contributed by atoms with Gasteiger partial charge >= 0.3 is 0 Å². The van der Waals surface area contributed by atoms with Crippen molar-refractivity contribution < 1.29 is 0 Å². The molecule has 0 saturated heterocycles. The summed E-state index contributed by atoms with van der Waals surface area (Å²) in [6.45, 7) is 2.55. The van der Waals surface area contributed by atoms with Gasteiger partial charge in [0.05, 0.1) is 24.1 Å². The first-order valence-corrected chi connectivity index (χ1v) is 6.90. The first kappa shape index (κ1) is 14.9. The largest absolute Gasteiger partial charge is 0.377 e. The third kappa shape index (κ3) is 2.99. The Kier molecular flexibility index (Phi) is 4.40. The van der Waals surface area contributed by atoms with Gasteiger partial charge in [0.15, 0.2) is 5.15 Å². The molecule has 1 N–H and O–H groups in total. The van der Waals surface area contributed by atoms with Crippen molar-refractivity contribution in [2.24, 2.45) is 7.05 Å². The first-order valence-electron chi connectivity index (χ1n) is 6.14. The van der Waals surface area contributed by atoms with Gasteiger partial charge in [0, 0.05) is 21.1 Å². The summed E-state index contributed by atoms with van der Waals surface area (Å²) in [5.41, 5.74) is 2.81. The fourth-order valence-corrected chi connectivity index (χ4v) is 2.60. The lowest BCUT2D eigenvalue weighted by atomic mass is 10.2. The minimum atomic E-state index is 0.380. The van der Waals surface area contributed by atoms with Gasteiger partial charge in [-0.2, -0.15) is 0 Å². The highest BCUT2D eigenvalue weighted by Gasteiger charge is 2.11. The van der Waals surface area contributed by atoms with Gasteiger partial charge < -0.3 is 14.8 Å². The van der Waals surface area contributed by atoms with Gasteiger partial charge in [-0.15, -0.1) is 0 Å². The molecule has 0 saturated carbocycles. The number of hydrogen-bond donors (Lipinski definition) is 1. The van der Waals surface area contributed by atoms with Gasteiger partial charge in [-0.05, 0) is 18.6 Å². The second-order valence-corrected chi connectivity index (χ2v) is 5.53. The van der Waals surface area contributed by atoms with Gasteiger partial charge in [0.2, 0.25) is 5.95 Å². The zero-order valence-corrected chi connectivity index (χ0v) is 13.4. The second kappa shape index (κ2) is 5.89. The second-order valence-electron chi connectivity index (χ2n) is 4.78. The van der Waals surface area contributed by atoms with Crippen molar-refractivity contribution in [3.63, 3.8) is 0 Å². The predicted molar refractivity (Wildman–Crippen MR) is 83.9 cm³/mol. The molecule has 2 rings (SSSR count). The quantitative estimate of drug-likeness (QED) is 0.881. The van der Waals surface area contributed by atoms with Crippen LogP contribution in [0, 0.1) is 6.92 Å². The van der Waals surface area contributed by atoms with Crippen LogP contribution in [0.15, 0.2) is 12.3 Å². The molecule has 0 aliphatic rings. The molecule has 0 aliphatic heterocycles. The minimum absolute atomic E-state index is 0.380. The molecule has 2 heterocycles. The topological polar surface area (TPSA) is 46.0 Å². The van der Waals surface area contributed by atoms with E-state index in [1.807, 2.05) is 43.7 Å². The Morgan fingerprint density at radius 3 is 2.60 bits per heavy atom. The maximum atomic E-state index is 6.11. The molecule has 20 heavy (non-hydrogen) atoms. The molecule has 0 fully saturated rings. The van der Waals surface area contributed by atoms with Crippen molar-refractivity contribution >= 4 is 34.8 Å². The van der Waals surface area contributed by atoms with E-state index in [4.69, 9.17) is 23.2 Å². The summed E-state index contributed by atoms with van der Waals surface area (Å²) in [6, 6.07) is 1.78. The number of halogens is 2. The van der Waals surface area contributed by atoms with Crippen LogP contribution in [0.1, 0.15) is 11.3 Å². The van der Waals surface area contributed by atoms with E-state index >= 15 is 0 Å². The third-order valence-corrected chi connectivity index (χ3v) is 3.51. The molecule has 108 valence electrons. The molecular formula is C13H17Cl2N5. The molecule has 0 aromatic carbocycles. The number of aromatic nitrogens is 3. The molecule has 0 unspecified atom stereocenters. The smallest absolute Gasteiger partial charge is 0.204 e. The van der Waals surface area contributed by atoms with Gasteiger partial charge in [0.1, 0.15) is 5.15 Å². The first-order chi connectivity index (χ1) is 9.40. The van der Waals surface area contributed by atoms with Gasteiger partial charge in [-0.3, -0.25) is 0 Å². The summed E-state index contributed by atoms with van der Waals surface area (Å²) in [7, 11) is 5.90. The number of nitrogens with one attached hydrogen (secondary N) is 1. The lowest BCUT2D eigenvalue weighted by Gasteiger charge is -2.14. The van der Waals surface area contributed by atoms with Gasteiger partial charge in [-0.25, -0.2) is 9.97 Å². The summed E-state index contributed by atoms with van der Waals surface area (Å²) in [5, 5.41) is 4.06. The van der Waals surface area contributed by atoms with Crippen molar-refractivity contribution in [2.45, 2.75) is 13.5 Å². The van der Waals surface area contributed by atoms with Gasteiger partial charge in [0.25, 0.3) is 0 Å². The fraction of sp³-hybridized carbons (Fsp3) is 0.385. The van der Waals surface area contributed by atoms with Crippen LogP contribution in [0.25, 0.3) is 0 Å². The minimum Gasteiger partial charge on any atom is -0.377 e. The zero-order valence-electron chi connectivity index (χ0n) is 11.9. The monoisotopic (exact) mass is 313 g/mol. The van der Waals surface area contributed by atoms with Crippen LogP contribution in [-0.2, 0) is 13.6 Å². The molecule has 2 aromatic rings. The van der Waals surface area contributed by atoms with Crippen LogP contribution in [0.5, 0.6) is 0 Å². The van der Waals surface area contributed by atoms with Gasteiger partial charge in [-0.1, -0.05) is 23.2 Å². The number of hydrogen-bond acceptors (Lipinski definition) is 4. The van der Waals surface area contributed by atoms with E-state index in [-0.39, 0.29) is 0 Å². The average Bonchev–Trinajstić information content (AvgIpc) is 2.69. The summed E-state index contributed by atoms with van der Waals surface area (Å²) < 4.78 is 2.03. The zero-order chi connectivity index (χ0) is 14.9. The standard InChI is InChI=1S/C13H17Cl2N5/c1-8-5-10(14)18-12(15)11(8)16-6-9-7-17-13(19(2)3)20(9)4/h5,7,16H,6H2,1-4H3. The summed E-state index contributed by atoms with van der Waals surface area (Å²) in [4.78, 5) is 10.4. The highest BCUT2D eigenvalue weighted by Crippen LogP contribution is 2.27. The van der Waals surface area contributed by atoms with Crippen LogP contribution in [0.2, 0.25) is 10.3 Å². The SMILES string of the molecule is Cc1cc(Cl)nc(Cl)c1NCc1cnc(N(C)C)n1C. The fourth-order valence-electron chi connectivity index (χ4n) is 2.00.